The Balaban J connectivity index is 2.41. The lowest BCUT2D eigenvalue weighted by atomic mass is 9.92. The van der Waals surface area contributed by atoms with Crippen LogP contribution < -0.4 is 5.32 Å². The molecule has 0 aliphatic carbocycles. The maximum absolute atomic E-state index is 11.1. The summed E-state index contributed by atoms with van der Waals surface area (Å²) in [6.45, 7) is 1.78. The number of benzene rings is 1. The van der Waals surface area contributed by atoms with Gasteiger partial charge in [0.2, 0.25) is 0 Å². The van der Waals surface area contributed by atoms with Crippen LogP contribution in [0.1, 0.15) is 18.3 Å². The Morgan fingerprint density at radius 2 is 2.00 bits per heavy atom. The average Bonchev–Trinajstić information content (AvgIpc) is 2.73. The summed E-state index contributed by atoms with van der Waals surface area (Å²) in [6, 6.07) is 5.16. The molecule has 1 amide bonds. The standard InChI is InChI=1S/C14H15Cl2N3O2/c1-14(18-13(20)21,12-17-3-4-19(12)2)8-9-5-10(15)7-11(16)6-9/h3-7,18H,8H2,1-2H3,(H,20,21). The van der Waals surface area contributed by atoms with Crippen LogP contribution >= 0.6 is 23.2 Å². The van der Waals surface area contributed by atoms with Gasteiger partial charge in [0.15, 0.2) is 0 Å². The highest BCUT2D eigenvalue weighted by Crippen LogP contribution is 2.27. The van der Waals surface area contributed by atoms with Crippen LogP contribution in [0.4, 0.5) is 4.79 Å². The van der Waals surface area contributed by atoms with Crippen molar-refractivity contribution in [3.63, 3.8) is 0 Å². The molecule has 7 heteroatoms. The molecule has 0 aliphatic heterocycles. The fraction of sp³-hybridized carbons (Fsp3) is 0.286. The van der Waals surface area contributed by atoms with E-state index in [1.807, 2.05) is 7.05 Å². The minimum atomic E-state index is -1.12. The quantitative estimate of drug-likeness (QED) is 0.903. The zero-order valence-corrected chi connectivity index (χ0v) is 13.1. The van der Waals surface area contributed by atoms with Gasteiger partial charge in [0.05, 0.1) is 0 Å². The third kappa shape index (κ3) is 3.68. The van der Waals surface area contributed by atoms with E-state index in [1.54, 1.807) is 42.1 Å². The number of hydrogen-bond donors (Lipinski definition) is 2. The third-order valence-electron chi connectivity index (χ3n) is 3.18. The molecule has 1 atom stereocenters. The number of aromatic nitrogens is 2. The van der Waals surface area contributed by atoms with E-state index in [4.69, 9.17) is 28.3 Å². The molecule has 0 saturated carbocycles. The Hall–Kier alpha value is -1.72. The van der Waals surface area contributed by atoms with E-state index in [1.165, 1.54) is 0 Å². The van der Waals surface area contributed by atoms with E-state index in [0.717, 1.165) is 5.56 Å². The van der Waals surface area contributed by atoms with Gasteiger partial charge in [-0.3, -0.25) is 0 Å². The van der Waals surface area contributed by atoms with Crippen molar-refractivity contribution in [3.8, 4) is 0 Å². The topological polar surface area (TPSA) is 67.2 Å². The van der Waals surface area contributed by atoms with Crippen molar-refractivity contribution in [1.29, 1.82) is 0 Å². The molecule has 0 saturated heterocycles. The molecule has 1 unspecified atom stereocenters. The van der Waals surface area contributed by atoms with E-state index in [-0.39, 0.29) is 0 Å². The van der Waals surface area contributed by atoms with Crippen LogP contribution in [0.15, 0.2) is 30.6 Å². The van der Waals surface area contributed by atoms with Crippen LogP contribution in [-0.4, -0.2) is 20.8 Å². The molecular weight excluding hydrogens is 313 g/mol. The summed E-state index contributed by atoms with van der Waals surface area (Å²) in [6.07, 6.45) is 2.66. The summed E-state index contributed by atoms with van der Waals surface area (Å²) in [7, 11) is 1.81. The molecule has 0 fully saturated rings. The molecule has 1 aromatic heterocycles. The molecule has 0 radical (unpaired) electrons. The van der Waals surface area contributed by atoms with Gasteiger partial charge in [0.25, 0.3) is 0 Å². The summed E-state index contributed by atoms with van der Waals surface area (Å²) in [4.78, 5) is 15.4. The average molecular weight is 328 g/mol. The number of imidazole rings is 1. The molecule has 0 aliphatic rings. The van der Waals surface area contributed by atoms with E-state index in [0.29, 0.717) is 22.3 Å². The first-order chi connectivity index (χ1) is 9.80. The number of hydrogen-bond acceptors (Lipinski definition) is 2. The Labute approximate surface area is 132 Å². The number of halogens is 2. The van der Waals surface area contributed by atoms with Crippen molar-refractivity contribution in [1.82, 2.24) is 14.9 Å². The SMILES string of the molecule is Cn1ccnc1C(C)(Cc1cc(Cl)cc(Cl)c1)NC(=O)O. The number of aryl methyl sites for hydroxylation is 1. The minimum Gasteiger partial charge on any atom is -0.465 e. The highest BCUT2D eigenvalue weighted by molar-refractivity contribution is 6.34. The number of carboxylic acid groups (broad SMARTS) is 1. The fourth-order valence-electron chi connectivity index (χ4n) is 2.43. The smallest absolute Gasteiger partial charge is 0.405 e. The Morgan fingerprint density at radius 1 is 1.38 bits per heavy atom. The van der Waals surface area contributed by atoms with Gasteiger partial charge in [-0.1, -0.05) is 23.2 Å². The number of amides is 1. The monoisotopic (exact) mass is 327 g/mol. The Kier molecular flexibility index (Phi) is 4.44. The zero-order valence-electron chi connectivity index (χ0n) is 11.6. The first-order valence-electron chi connectivity index (χ1n) is 6.24. The minimum absolute atomic E-state index is 0.379. The van der Waals surface area contributed by atoms with Crippen LogP contribution in [-0.2, 0) is 19.0 Å². The normalized spacial score (nSPS) is 13.7. The Bertz CT molecular complexity index is 652. The van der Waals surface area contributed by atoms with Gasteiger partial charge in [0, 0.05) is 35.9 Å². The molecule has 0 spiro atoms. The summed E-state index contributed by atoms with van der Waals surface area (Å²) < 4.78 is 1.78. The van der Waals surface area contributed by atoms with Gasteiger partial charge in [-0.15, -0.1) is 0 Å². The van der Waals surface area contributed by atoms with Gasteiger partial charge in [0.1, 0.15) is 11.4 Å². The summed E-state index contributed by atoms with van der Waals surface area (Å²) in [5.74, 6) is 0.612. The van der Waals surface area contributed by atoms with E-state index in [2.05, 4.69) is 10.3 Å². The van der Waals surface area contributed by atoms with E-state index < -0.39 is 11.6 Å². The summed E-state index contributed by atoms with van der Waals surface area (Å²) in [5.41, 5.74) is -0.0651. The van der Waals surface area contributed by atoms with Crippen molar-refractivity contribution in [2.24, 2.45) is 7.05 Å². The number of carbonyl (C=O) groups is 1. The first kappa shape index (κ1) is 15.7. The van der Waals surface area contributed by atoms with E-state index in [9.17, 15) is 4.79 Å². The summed E-state index contributed by atoms with van der Waals surface area (Å²) in [5, 5.41) is 12.7. The zero-order chi connectivity index (χ0) is 15.6. The van der Waals surface area contributed by atoms with Crippen LogP contribution in [0.25, 0.3) is 0 Å². The molecule has 5 nitrogen and oxygen atoms in total. The molecule has 1 heterocycles. The molecular formula is C14H15Cl2N3O2. The molecule has 21 heavy (non-hydrogen) atoms. The highest BCUT2D eigenvalue weighted by atomic mass is 35.5. The number of nitrogens with one attached hydrogen (secondary N) is 1. The number of rotatable bonds is 4. The van der Waals surface area contributed by atoms with Crippen molar-refractivity contribution in [2.75, 3.05) is 0 Å². The van der Waals surface area contributed by atoms with Crippen LogP contribution in [0.3, 0.4) is 0 Å². The van der Waals surface area contributed by atoms with Gasteiger partial charge in [-0.2, -0.15) is 0 Å². The van der Waals surface area contributed by atoms with Crippen molar-refractivity contribution >= 4 is 29.3 Å². The second kappa shape index (κ2) is 5.95. The molecule has 112 valence electrons. The lowest BCUT2D eigenvalue weighted by Crippen LogP contribution is -2.46. The van der Waals surface area contributed by atoms with Crippen LogP contribution in [0.2, 0.25) is 10.0 Å². The second-order valence-corrected chi connectivity index (χ2v) is 5.95. The van der Waals surface area contributed by atoms with Crippen LogP contribution in [0, 0.1) is 0 Å². The first-order valence-corrected chi connectivity index (χ1v) is 6.99. The Morgan fingerprint density at radius 3 is 2.48 bits per heavy atom. The molecule has 2 aromatic rings. The fourth-order valence-corrected chi connectivity index (χ4v) is 3.00. The van der Waals surface area contributed by atoms with E-state index >= 15 is 0 Å². The van der Waals surface area contributed by atoms with Crippen LogP contribution in [0.5, 0.6) is 0 Å². The van der Waals surface area contributed by atoms with Gasteiger partial charge in [-0.05, 0) is 30.7 Å². The molecule has 0 bridgehead atoms. The largest absolute Gasteiger partial charge is 0.465 e. The number of nitrogens with zero attached hydrogens (tertiary/aromatic N) is 2. The van der Waals surface area contributed by atoms with Gasteiger partial charge in [-0.25, -0.2) is 9.78 Å². The lowest BCUT2D eigenvalue weighted by molar-refractivity contribution is 0.177. The second-order valence-electron chi connectivity index (χ2n) is 5.08. The third-order valence-corrected chi connectivity index (χ3v) is 3.61. The predicted molar refractivity (Wildman–Crippen MR) is 81.9 cm³/mol. The van der Waals surface area contributed by atoms with Crippen molar-refractivity contribution in [2.45, 2.75) is 18.9 Å². The molecule has 1 aromatic carbocycles. The maximum Gasteiger partial charge on any atom is 0.405 e. The summed E-state index contributed by atoms with van der Waals surface area (Å²) >= 11 is 12.0. The van der Waals surface area contributed by atoms with Crippen molar-refractivity contribution in [3.05, 3.63) is 52.0 Å². The highest BCUT2D eigenvalue weighted by Gasteiger charge is 2.33. The lowest BCUT2D eigenvalue weighted by Gasteiger charge is -2.29. The molecule has 2 N–H and O–H groups in total. The van der Waals surface area contributed by atoms with Crippen molar-refractivity contribution < 1.29 is 9.90 Å². The van der Waals surface area contributed by atoms with Gasteiger partial charge < -0.3 is 15.0 Å². The predicted octanol–water partition coefficient (Wildman–Crippen LogP) is 3.45. The maximum atomic E-state index is 11.1. The van der Waals surface area contributed by atoms with Gasteiger partial charge >= 0.3 is 6.09 Å². The molecule has 2 rings (SSSR count).